The van der Waals surface area contributed by atoms with Crippen molar-refractivity contribution >= 4 is 22.0 Å². The zero-order valence-corrected chi connectivity index (χ0v) is 13.7. The Morgan fingerprint density at radius 1 is 1.55 bits per heavy atom. The Morgan fingerprint density at radius 2 is 2.25 bits per heavy atom. The predicted molar refractivity (Wildman–Crippen MR) is 78.8 cm³/mol. The molecule has 0 spiro atoms. The van der Waals surface area contributed by atoms with E-state index in [4.69, 9.17) is 4.74 Å². The van der Waals surface area contributed by atoms with Crippen LogP contribution in [0.25, 0.3) is 0 Å². The number of piperidine rings is 1. The molecule has 0 aromatic carbocycles. The van der Waals surface area contributed by atoms with Crippen molar-refractivity contribution in [3.05, 3.63) is 0 Å². The van der Waals surface area contributed by atoms with Crippen LogP contribution in [0, 0.1) is 5.92 Å². The third-order valence-corrected chi connectivity index (χ3v) is 6.19. The van der Waals surface area contributed by atoms with Gasteiger partial charge >= 0.3 is 6.09 Å². The van der Waals surface area contributed by atoms with Crippen LogP contribution in [-0.2, 0) is 4.74 Å². The number of amides is 1. The fraction of sp³-hybridized carbons (Fsp3) is 0.929. The molecule has 6 heteroatoms. The first-order valence-corrected chi connectivity index (χ1v) is 8.25. The van der Waals surface area contributed by atoms with Gasteiger partial charge in [-0.2, -0.15) is 0 Å². The summed E-state index contributed by atoms with van der Waals surface area (Å²) in [5.74, 6) is -0.165. The number of aliphatic hydroxyl groups is 2. The lowest BCUT2D eigenvalue weighted by molar-refractivity contribution is -0.0664. The number of halogens is 1. The minimum Gasteiger partial charge on any atom is -0.453 e. The second kappa shape index (κ2) is 6.20. The van der Waals surface area contributed by atoms with Gasteiger partial charge in [-0.1, -0.05) is 35.7 Å². The average Bonchev–Trinajstić information content (AvgIpc) is 2.79. The number of carbonyl (C=O) groups is 1. The molecule has 2 N–H and O–H groups in total. The number of methoxy groups -OCH3 is 1. The summed E-state index contributed by atoms with van der Waals surface area (Å²) in [6, 6.07) is -0.216. The third kappa shape index (κ3) is 2.25. The Morgan fingerprint density at radius 3 is 2.80 bits per heavy atom. The number of carbonyl (C=O) groups excluding carboxylic acids is 1. The summed E-state index contributed by atoms with van der Waals surface area (Å²) >= 11 is 3.54. The Balaban J connectivity index is 2.40. The van der Waals surface area contributed by atoms with Crippen LogP contribution in [0.15, 0.2) is 0 Å². The van der Waals surface area contributed by atoms with Gasteiger partial charge in [-0.05, 0) is 19.3 Å². The van der Waals surface area contributed by atoms with Crippen molar-refractivity contribution in [2.24, 2.45) is 5.92 Å². The van der Waals surface area contributed by atoms with Gasteiger partial charge in [0.1, 0.15) is 0 Å². The van der Waals surface area contributed by atoms with Gasteiger partial charge in [0.25, 0.3) is 0 Å². The van der Waals surface area contributed by atoms with Crippen molar-refractivity contribution in [3.8, 4) is 0 Å². The summed E-state index contributed by atoms with van der Waals surface area (Å²) in [4.78, 5) is 13.7. The van der Waals surface area contributed by atoms with E-state index in [9.17, 15) is 15.0 Å². The Hall–Kier alpha value is -0.330. The van der Waals surface area contributed by atoms with Gasteiger partial charge in [-0.3, -0.25) is 4.90 Å². The normalized spacial score (nSPS) is 40.0. The molecular weight excluding hydrogens is 326 g/mol. The van der Waals surface area contributed by atoms with E-state index in [2.05, 4.69) is 22.9 Å². The van der Waals surface area contributed by atoms with Crippen LogP contribution in [0.1, 0.15) is 39.0 Å². The van der Waals surface area contributed by atoms with Crippen LogP contribution in [0.3, 0.4) is 0 Å². The van der Waals surface area contributed by atoms with Gasteiger partial charge in [0.2, 0.25) is 0 Å². The molecule has 2 fully saturated rings. The lowest BCUT2D eigenvalue weighted by Crippen LogP contribution is -2.66. The highest BCUT2D eigenvalue weighted by Gasteiger charge is 2.62. The molecule has 2 bridgehead atoms. The highest BCUT2D eigenvalue weighted by molar-refractivity contribution is 9.09. The molecule has 116 valence electrons. The molecule has 2 rings (SSSR count). The Labute approximate surface area is 128 Å². The van der Waals surface area contributed by atoms with Crippen LogP contribution in [0.5, 0.6) is 0 Å². The van der Waals surface area contributed by atoms with Crippen molar-refractivity contribution in [2.45, 2.75) is 61.5 Å². The summed E-state index contributed by atoms with van der Waals surface area (Å²) in [5, 5.41) is 20.2. The van der Waals surface area contributed by atoms with Crippen molar-refractivity contribution in [1.29, 1.82) is 0 Å². The smallest absolute Gasteiger partial charge is 0.410 e. The van der Waals surface area contributed by atoms with Crippen LogP contribution in [0.2, 0.25) is 0 Å². The Bertz CT molecular complexity index is 367. The van der Waals surface area contributed by atoms with Gasteiger partial charge in [0.05, 0.1) is 24.8 Å². The third-order valence-electron chi connectivity index (χ3n) is 5.01. The highest BCUT2D eigenvalue weighted by Crippen LogP contribution is 2.52. The number of nitrogens with zero attached hydrogens (tertiary/aromatic N) is 1. The van der Waals surface area contributed by atoms with Crippen LogP contribution in [-0.4, -0.2) is 57.4 Å². The lowest BCUT2D eigenvalue weighted by Gasteiger charge is -2.52. The van der Waals surface area contributed by atoms with Gasteiger partial charge in [-0.15, -0.1) is 0 Å². The SMILES string of the molecule is CCCC[C@@]12CC[C@@H]([C@H](O)[C@@H](Br)[C@@H]1CO)N2C(=O)OC. The molecule has 20 heavy (non-hydrogen) atoms. The quantitative estimate of drug-likeness (QED) is 0.760. The summed E-state index contributed by atoms with van der Waals surface area (Å²) in [7, 11) is 1.37. The minimum absolute atomic E-state index is 0.0447. The van der Waals surface area contributed by atoms with E-state index in [1.54, 1.807) is 4.90 Å². The summed E-state index contributed by atoms with van der Waals surface area (Å²) in [6.45, 7) is 2.07. The molecule has 2 heterocycles. The number of fused-ring (bicyclic) bond motifs is 2. The van der Waals surface area contributed by atoms with E-state index in [1.165, 1.54) is 7.11 Å². The van der Waals surface area contributed by atoms with Crippen LogP contribution < -0.4 is 0 Å². The molecule has 2 aliphatic rings. The van der Waals surface area contributed by atoms with Crippen molar-refractivity contribution in [1.82, 2.24) is 4.90 Å². The molecule has 2 aliphatic heterocycles. The summed E-state index contributed by atoms with van der Waals surface area (Å²) in [5.41, 5.74) is -0.393. The molecule has 5 atom stereocenters. The fourth-order valence-corrected chi connectivity index (χ4v) is 5.02. The molecule has 0 aromatic rings. The van der Waals surface area contributed by atoms with Crippen LogP contribution in [0.4, 0.5) is 4.79 Å². The highest BCUT2D eigenvalue weighted by atomic mass is 79.9. The van der Waals surface area contributed by atoms with Gasteiger partial charge < -0.3 is 14.9 Å². The first kappa shape index (κ1) is 16.0. The number of rotatable bonds is 4. The Kier molecular flexibility index (Phi) is 4.97. The zero-order chi connectivity index (χ0) is 14.9. The first-order chi connectivity index (χ1) is 9.53. The van der Waals surface area contributed by atoms with E-state index >= 15 is 0 Å². The average molecular weight is 350 g/mol. The van der Waals surface area contributed by atoms with E-state index in [1.807, 2.05) is 0 Å². The number of unbranched alkanes of at least 4 members (excludes halogenated alkanes) is 1. The monoisotopic (exact) mass is 349 g/mol. The number of ether oxygens (including phenoxy) is 1. The van der Waals surface area contributed by atoms with Gasteiger partial charge in [-0.25, -0.2) is 4.79 Å². The molecular formula is C14H24BrNO4. The van der Waals surface area contributed by atoms with E-state index in [-0.39, 0.29) is 29.5 Å². The molecule has 0 aromatic heterocycles. The second-order valence-electron chi connectivity index (χ2n) is 5.88. The van der Waals surface area contributed by atoms with Gasteiger partial charge in [0.15, 0.2) is 0 Å². The lowest BCUT2D eigenvalue weighted by atomic mass is 9.74. The number of alkyl halides is 1. The maximum atomic E-state index is 12.2. The van der Waals surface area contributed by atoms with Crippen LogP contribution >= 0.6 is 15.9 Å². The molecule has 0 saturated carbocycles. The van der Waals surface area contributed by atoms with E-state index in [0.717, 1.165) is 32.1 Å². The first-order valence-electron chi connectivity index (χ1n) is 7.33. The summed E-state index contributed by atoms with van der Waals surface area (Å²) < 4.78 is 4.93. The molecule has 1 amide bonds. The largest absolute Gasteiger partial charge is 0.453 e. The minimum atomic E-state index is -0.663. The number of hydrogen-bond acceptors (Lipinski definition) is 4. The molecule has 0 unspecified atom stereocenters. The maximum Gasteiger partial charge on any atom is 0.410 e. The van der Waals surface area contributed by atoms with E-state index in [0.29, 0.717) is 0 Å². The summed E-state index contributed by atoms with van der Waals surface area (Å²) in [6.07, 6.45) is 3.40. The van der Waals surface area contributed by atoms with Gasteiger partial charge in [0, 0.05) is 17.4 Å². The van der Waals surface area contributed by atoms with E-state index < -0.39 is 11.6 Å². The zero-order valence-electron chi connectivity index (χ0n) is 12.1. The van der Waals surface area contributed by atoms with Crippen molar-refractivity contribution in [2.75, 3.05) is 13.7 Å². The maximum absolute atomic E-state index is 12.2. The molecule has 0 radical (unpaired) electrons. The predicted octanol–water partition coefficient (Wildman–Crippen LogP) is 1.89. The molecule has 2 saturated heterocycles. The van der Waals surface area contributed by atoms with Crippen molar-refractivity contribution in [3.63, 3.8) is 0 Å². The molecule has 0 aliphatic carbocycles. The topological polar surface area (TPSA) is 70.0 Å². The number of aliphatic hydroxyl groups excluding tert-OH is 2. The number of hydrogen-bond donors (Lipinski definition) is 2. The second-order valence-corrected chi connectivity index (χ2v) is 6.93. The molecule has 5 nitrogen and oxygen atoms in total. The standard InChI is InChI=1S/C14H24BrNO4/c1-3-4-6-14-7-5-10(16(14)13(19)20-2)12(18)11(15)9(14)8-17/h9-12,17-18H,3-8H2,1-2H3/t9-,10-,11-,12-,14+/m0/s1. The van der Waals surface area contributed by atoms with Crippen molar-refractivity contribution < 1.29 is 19.7 Å². The fourth-order valence-electron chi connectivity index (χ4n) is 4.01.